The molecule has 2 rings (SSSR count). The van der Waals surface area contributed by atoms with Gasteiger partial charge in [-0.1, -0.05) is 25.0 Å². The van der Waals surface area contributed by atoms with Gasteiger partial charge in [-0.05, 0) is 43.7 Å². The lowest BCUT2D eigenvalue weighted by Gasteiger charge is -2.21. The Balaban J connectivity index is 1.82. The van der Waals surface area contributed by atoms with E-state index in [4.69, 9.17) is 5.11 Å². The van der Waals surface area contributed by atoms with Crippen LogP contribution in [0.25, 0.3) is 0 Å². The third kappa shape index (κ3) is 7.33. The molecule has 0 radical (unpaired) electrons. The topological polar surface area (TPSA) is 66.3 Å². The standard InChI is InChI=1S/C19H25N3O2/c23-19(24)11-3-1-2-8-14-22(15-17-9-4-6-12-20-17)16-18-10-5-7-13-21-18/h4-7,9-10,12-13H,1-3,8,11,14-16H2,(H,23,24). The molecule has 0 amide bonds. The van der Waals surface area contributed by atoms with Crippen molar-refractivity contribution in [3.63, 3.8) is 0 Å². The van der Waals surface area contributed by atoms with E-state index < -0.39 is 5.97 Å². The molecule has 128 valence electrons. The molecular formula is C19H25N3O2. The summed E-state index contributed by atoms with van der Waals surface area (Å²) in [5.74, 6) is -0.707. The van der Waals surface area contributed by atoms with Crippen molar-refractivity contribution in [3.05, 3.63) is 60.2 Å². The quantitative estimate of drug-likeness (QED) is 0.640. The van der Waals surface area contributed by atoms with Crippen LogP contribution in [0.3, 0.4) is 0 Å². The van der Waals surface area contributed by atoms with Crippen LogP contribution in [-0.2, 0) is 17.9 Å². The van der Waals surface area contributed by atoms with E-state index in [9.17, 15) is 4.79 Å². The molecule has 0 saturated carbocycles. The summed E-state index contributed by atoms with van der Waals surface area (Å²) >= 11 is 0. The first-order valence-corrected chi connectivity index (χ1v) is 8.48. The van der Waals surface area contributed by atoms with Crippen LogP contribution in [0.15, 0.2) is 48.8 Å². The highest BCUT2D eigenvalue weighted by atomic mass is 16.4. The highest BCUT2D eigenvalue weighted by Gasteiger charge is 2.08. The molecule has 24 heavy (non-hydrogen) atoms. The van der Waals surface area contributed by atoms with Crippen LogP contribution in [-0.4, -0.2) is 32.5 Å². The van der Waals surface area contributed by atoms with Crippen LogP contribution in [0.2, 0.25) is 0 Å². The van der Waals surface area contributed by atoms with E-state index in [-0.39, 0.29) is 6.42 Å². The van der Waals surface area contributed by atoms with Gasteiger partial charge in [0.25, 0.3) is 0 Å². The average Bonchev–Trinajstić information content (AvgIpc) is 2.59. The molecule has 2 aromatic heterocycles. The predicted octanol–water partition coefficient (Wildman–Crippen LogP) is 3.51. The Labute approximate surface area is 143 Å². The average molecular weight is 327 g/mol. The molecule has 5 nitrogen and oxygen atoms in total. The molecule has 2 aromatic rings. The van der Waals surface area contributed by atoms with Crippen LogP contribution in [0, 0.1) is 0 Å². The fraction of sp³-hybridized carbons (Fsp3) is 0.421. The molecule has 0 unspecified atom stereocenters. The van der Waals surface area contributed by atoms with Crippen molar-refractivity contribution in [2.24, 2.45) is 0 Å². The summed E-state index contributed by atoms with van der Waals surface area (Å²) in [5, 5.41) is 8.66. The number of carboxylic acid groups (broad SMARTS) is 1. The van der Waals surface area contributed by atoms with Gasteiger partial charge >= 0.3 is 5.97 Å². The summed E-state index contributed by atoms with van der Waals surface area (Å²) < 4.78 is 0. The second-order valence-corrected chi connectivity index (χ2v) is 5.91. The molecular weight excluding hydrogens is 302 g/mol. The highest BCUT2D eigenvalue weighted by Crippen LogP contribution is 2.10. The number of unbranched alkanes of at least 4 members (excludes halogenated alkanes) is 3. The summed E-state index contributed by atoms with van der Waals surface area (Å²) in [6.45, 7) is 2.55. The minimum Gasteiger partial charge on any atom is -0.481 e. The SMILES string of the molecule is O=C(O)CCCCCCN(Cc1ccccn1)Cc1ccccn1. The van der Waals surface area contributed by atoms with Gasteiger partial charge < -0.3 is 5.11 Å². The number of hydrogen-bond donors (Lipinski definition) is 1. The number of carboxylic acids is 1. The number of aromatic nitrogens is 2. The first kappa shape index (κ1) is 18.1. The Hall–Kier alpha value is -2.27. The Morgan fingerprint density at radius 3 is 1.96 bits per heavy atom. The van der Waals surface area contributed by atoms with Crippen molar-refractivity contribution in [3.8, 4) is 0 Å². The van der Waals surface area contributed by atoms with E-state index in [1.165, 1.54) is 0 Å². The van der Waals surface area contributed by atoms with Crippen LogP contribution < -0.4 is 0 Å². The van der Waals surface area contributed by atoms with Gasteiger partial charge in [0.05, 0.1) is 11.4 Å². The maximum atomic E-state index is 10.5. The van der Waals surface area contributed by atoms with Gasteiger partial charge in [-0.2, -0.15) is 0 Å². The summed E-state index contributed by atoms with van der Waals surface area (Å²) in [6.07, 6.45) is 7.74. The molecule has 0 spiro atoms. The first-order chi connectivity index (χ1) is 11.7. The summed E-state index contributed by atoms with van der Waals surface area (Å²) in [5.41, 5.74) is 2.11. The van der Waals surface area contributed by atoms with Crippen LogP contribution in [0.1, 0.15) is 43.5 Å². The summed E-state index contributed by atoms with van der Waals surface area (Å²) in [6, 6.07) is 11.9. The van der Waals surface area contributed by atoms with Crippen molar-refractivity contribution in [1.82, 2.24) is 14.9 Å². The predicted molar refractivity (Wildman–Crippen MR) is 93.3 cm³/mol. The number of carbonyl (C=O) groups is 1. The van der Waals surface area contributed by atoms with E-state index in [0.29, 0.717) is 0 Å². The lowest BCUT2D eigenvalue weighted by molar-refractivity contribution is -0.137. The third-order valence-corrected chi connectivity index (χ3v) is 3.84. The Bertz CT molecular complexity index is 549. The van der Waals surface area contributed by atoms with Crippen molar-refractivity contribution in [2.75, 3.05) is 6.54 Å². The van der Waals surface area contributed by atoms with Gasteiger partial charge in [0.1, 0.15) is 0 Å². The van der Waals surface area contributed by atoms with E-state index in [1.807, 2.05) is 48.8 Å². The summed E-state index contributed by atoms with van der Waals surface area (Å²) in [7, 11) is 0. The molecule has 0 aliphatic carbocycles. The number of hydrogen-bond acceptors (Lipinski definition) is 4. The zero-order valence-electron chi connectivity index (χ0n) is 14.0. The Morgan fingerprint density at radius 1 is 0.875 bits per heavy atom. The largest absolute Gasteiger partial charge is 0.481 e. The van der Waals surface area contributed by atoms with Gasteiger partial charge in [-0.15, -0.1) is 0 Å². The van der Waals surface area contributed by atoms with E-state index in [0.717, 1.165) is 56.7 Å². The normalized spacial score (nSPS) is 10.9. The molecule has 0 atom stereocenters. The smallest absolute Gasteiger partial charge is 0.303 e. The lowest BCUT2D eigenvalue weighted by Crippen LogP contribution is -2.25. The van der Waals surface area contributed by atoms with Crippen LogP contribution in [0.4, 0.5) is 0 Å². The molecule has 0 aromatic carbocycles. The number of pyridine rings is 2. The number of nitrogens with zero attached hydrogens (tertiary/aromatic N) is 3. The third-order valence-electron chi connectivity index (χ3n) is 3.84. The monoisotopic (exact) mass is 327 g/mol. The van der Waals surface area contributed by atoms with E-state index >= 15 is 0 Å². The Kier molecular flexibility index (Phi) is 7.90. The van der Waals surface area contributed by atoms with Crippen molar-refractivity contribution in [2.45, 2.75) is 45.2 Å². The second-order valence-electron chi connectivity index (χ2n) is 5.91. The van der Waals surface area contributed by atoms with Crippen molar-refractivity contribution < 1.29 is 9.90 Å². The highest BCUT2D eigenvalue weighted by molar-refractivity contribution is 5.66. The lowest BCUT2D eigenvalue weighted by atomic mass is 10.1. The van der Waals surface area contributed by atoms with Crippen LogP contribution in [0.5, 0.6) is 0 Å². The molecule has 5 heteroatoms. The molecule has 2 heterocycles. The van der Waals surface area contributed by atoms with Crippen molar-refractivity contribution >= 4 is 5.97 Å². The van der Waals surface area contributed by atoms with Gasteiger partial charge in [0.15, 0.2) is 0 Å². The van der Waals surface area contributed by atoms with Gasteiger partial charge in [-0.25, -0.2) is 0 Å². The van der Waals surface area contributed by atoms with E-state index in [2.05, 4.69) is 14.9 Å². The van der Waals surface area contributed by atoms with Gasteiger partial charge in [0, 0.05) is 31.9 Å². The fourth-order valence-corrected chi connectivity index (χ4v) is 2.62. The first-order valence-electron chi connectivity index (χ1n) is 8.48. The zero-order valence-corrected chi connectivity index (χ0v) is 14.0. The van der Waals surface area contributed by atoms with Crippen LogP contribution >= 0.6 is 0 Å². The molecule has 0 fully saturated rings. The van der Waals surface area contributed by atoms with Gasteiger partial charge in [-0.3, -0.25) is 19.7 Å². The number of aliphatic carboxylic acids is 1. The fourth-order valence-electron chi connectivity index (χ4n) is 2.62. The minimum atomic E-state index is -0.707. The number of rotatable bonds is 11. The van der Waals surface area contributed by atoms with Crippen molar-refractivity contribution in [1.29, 1.82) is 0 Å². The maximum absolute atomic E-state index is 10.5. The molecule has 1 N–H and O–H groups in total. The van der Waals surface area contributed by atoms with E-state index in [1.54, 1.807) is 0 Å². The molecule has 0 aliphatic heterocycles. The second kappa shape index (κ2) is 10.5. The Morgan fingerprint density at radius 2 is 1.46 bits per heavy atom. The summed E-state index contributed by atoms with van der Waals surface area (Å²) in [4.78, 5) is 21.7. The molecule has 0 saturated heterocycles. The molecule has 0 bridgehead atoms. The van der Waals surface area contributed by atoms with Gasteiger partial charge in [0.2, 0.25) is 0 Å². The zero-order chi connectivity index (χ0) is 17.0. The minimum absolute atomic E-state index is 0.269. The maximum Gasteiger partial charge on any atom is 0.303 e. The molecule has 0 aliphatic rings.